The van der Waals surface area contributed by atoms with Gasteiger partial charge >= 0.3 is 12.4 Å². The number of hydrogen-bond donors (Lipinski definition) is 2. The number of ether oxygens (including phenoxy) is 1. The normalized spacial score (nSPS) is 27.6. The highest BCUT2D eigenvalue weighted by molar-refractivity contribution is 5.84. The monoisotopic (exact) mass is 598 g/mol. The lowest BCUT2D eigenvalue weighted by atomic mass is 9.72. The second-order valence-corrected chi connectivity index (χ2v) is 12.2. The van der Waals surface area contributed by atoms with E-state index in [0.717, 1.165) is 44.3 Å². The lowest BCUT2D eigenvalue weighted by Gasteiger charge is -2.48. The Balaban J connectivity index is 1.33. The summed E-state index contributed by atoms with van der Waals surface area (Å²) < 4.78 is 86.3. The second kappa shape index (κ2) is 11.5. The summed E-state index contributed by atoms with van der Waals surface area (Å²) in [6.07, 6.45) is -6.07. The van der Waals surface area contributed by atoms with Gasteiger partial charge in [0.05, 0.1) is 41.9 Å². The molecule has 2 unspecified atom stereocenters. The van der Waals surface area contributed by atoms with Gasteiger partial charge in [-0.2, -0.15) is 26.3 Å². The number of aliphatic hydroxyl groups excluding tert-OH is 1. The average molecular weight is 599 g/mol. The first-order valence-corrected chi connectivity index (χ1v) is 14.4. The lowest BCUT2D eigenvalue weighted by Crippen LogP contribution is -2.54. The van der Waals surface area contributed by atoms with Crippen molar-refractivity contribution in [2.75, 3.05) is 26.3 Å². The van der Waals surface area contributed by atoms with Gasteiger partial charge in [0.1, 0.15) is 0 Å². The molecule has 230 valence electrons. The van der Waals surface area contributed by atoms with Crippen LogP contribution in [0.3, 0.4) is 0 Å². The number of nitrogens with one attached hydrogen (secondary N) is 1. The maximum Gasteiger partial charge on any atom is 0.416 e. The van der Waals surface area contributed by atoms with Crippen LogP contribution in [0.2, 0.25) is 0 Å². The molecule has 1 amide bonds. The Morgan fingerprint density at radius 1 is 0.952 bits per heavy atom. The Hall–Kier alpha value is -2.63. The summed E-state index contributed by atoms with van der Waals surface area (Å²) in [5.74, 6) is -1.87. The fraction of sp³-hybridized carbons (Fsp3) is 0.581. The Labute approximate surface area is 241 Å². The van der Waals surface area contributed by atoms with Crippen molar-refractivity contribution < 1.29 is 41.0 Å². The van der Waals surface area contributed by atoms with Gasteiger partial charge in [-0.3, -0.25) is 4.79 Å². The van der Waals surface area contributed by atoms with Crippen molar-refractivity contribution in [3.05, 3.63) is 70.8 Å². The minimum atomic E-state index is -4.99. The molecule has 1 saturated carbocycles. The number of piperidine rings is 1. The molecule has 2 aromatic carbocycles. The van der Waals surface area contributed by atoms with Crippen molar-refractivity contribution >= 4 is 5.91 Å². The number of halogens is 6. The largest absolute Gasteiger partial charge is 0.416 e. The zero-order valence-electron chi connectivity index (χ0n) is 23.4. The van der Waals surface area contributed by atoms with Crippen LogP contribution in [0.25, 0.3) is 0 Å². The summed E-state index contributed by atoms with van der Waals surface area (Å²) in [7, 11) is 0. The van der Waals surface area contributed by atoms with Gasteiger partial charge in [0.15, 0.2) is 0 Å². The summed E-state index contributed by atoms with van der Waals surface area (Å²) in [6.45, 7) is 3.96. The highest BCUT2D eigenvalue weighted by Gasteiger charge is 2.47. The van der Waals surface area contributed by atoms with E-state index < -0.39 is 46.9 Å². The number of hydrogen-bond acceptors (Lipinski definition) is 4. The number of nitrogens with zero attached hydrogens (tertiary/aromatic N) is 1. The van der Waals surface area contributed by atoms with E-state index in [4.69, 9.17) is 4.74 Å². The van der Waals surface area contributed by atoms with Crippen LogP contribution in [0.15, 0.2) is 48.5 Å². The molecule has 3 aliphatic rings. The van der Waals surface area contributed by atoms with Crippen LogP contribution in [0.4, 0.5) is 26.3 Å². The highest BCUT2D eigenvalue weighted by atomic mass is 19.4. The smallest absolute Gasteiger partial charge is 0.390 e. The van der Waals surface area contributed by atoms with Crippen LogP contribution in [0, 0.1) is 5.41 Å². The van der Waals surface area contributed by atoms with Crippen molar-refractivity contribution in [1.82, 2.24) is 10.2 Å². The topological polar surface area (TPSA) is 61.8 Å². The minimum absolute atomic E-state index is 0.0731. The molecule has 0 bridgehead atoms. The molecule has 0 radical (unpaired) electrons. The molecule has 2 heterocycles. The van der Waals surface area contributed by atoms with Crippen LogP contribution in [-0.4, -0.2) is 54.4 Å². The van der Waals surface area contributed by atoms with Crippen molar-refractivity contribution in [2.24, 2.45) is 5.41 Å². The van der Waals surface area contributed by atoms with Gasteiger partial charge in [-0.25, -0.2) is 0 Å². The predicted molar refractivity (Wildman–Crippen MR) is 143 cm³/mol. The molecule has 0 aromatic heterocycles. The van der Waals surface area contributed by atoms with Crippen molar-refractivity contribution in [3.63, 3.8) is 0 Å². The van der Waals surface area contributed by atoms with Crippen LogP contribution in [-0.2, 0) is 27.4 Å². The molecule has 1 aliphatic carbocycles. The zero-order chi connectivity index (χ0) is 30.3. The summed E-state index contributed by atoms with van der Waals surface area (Å²) in [6, 6.07) is 10.9. The average Bonchev–Trinajstić information content (AvgIpc) is 3.31. The van der Waals surface area contributed by atoms with Crippen molar-refractivity contribution in [1.29, 1.82) is 0 Å². The number of carbonyl (C=O) groups excluding carboxylic acids is 1. The van der Waals surface area contributed by atoms with E-state index in [-0.39, 0.29) is 23.1 Å². The number of alkyl halides is 6. The molecule has 5 rings (SSSR count). The fourth-order valence-corrected chi connectivity index (χ4v) is 6.89. The summed E-state index contributed by atoms with van der Waals surface area (Å²) in [4.78, 5) is 16.0. The van der Waals surface area contributed by atoms with Crippen LogP contribution in [0.1, 0.15) is 73.6 Å². The van der Waals surface area contributed by atoms with E-state index in [1.807, 2.05) is 30.3 Å². The third kappa shape index (κ3) is 6.19. The second-order valence-electron chi connectivity index (χ2n) is 12.2. The van der Waals surface area contributed by atoms with E-state index in [9.17, 15) is 36.2 Å². The van der Waals surface area contributed by atoms with Gasteiger partial charge < -0.3 is 20.1 Å². The summed E-state index contributed by atoms with van der Waals surface area (Å²) >= 11 is 0. The van der Waals surface area contributed by atoms with Crippen LogP contribution in [0.5, 0.6) is 0 Å². The zero-order valence-corrected chi connectivity index (χ0v) is 23.4. The van der Waals surface area contributed by atoms with Gasteiger partial charge in [0, 0.05) is 11.5 Å². The Morgan fingerprint density at radius 3 is 2.02 bits per heavy atom. The standard InChI is InChI=1S/C31H36F6N2O3/c1-20(21-15-23(30(32,33)34)17-24(16-21)31(35,36)37)27(41)38-29(22-5-3-2-4-6-22)9-7-25(8-10-29)39-13-11-28(12-14-39)19-42-18-26(28)40/h2-6,15-17,20,25-26,40H,7-14,18-19H2,1H3,(H,38,41). The van der Waals surface area contributed by atoms with E-state index in [0.29, 0.717) is 38.2 Å². The molecule has 5 nitrogen and oxygen atoms in total. The molecular formula is C31H36F6N2O3. The SMILES string of the molecule is CC(C(=O)NC1(c2ccccc2)CCC(N2CCC3(CC2)COCC3O)CC1)c1cc(C(F)(F)F)cc(C(F)(F)F)c1. The van der Waals surface area contributed by atoms with Gasteiger partial charge in [-0.15, -0.1) is 0 Å². The maximum absolute atomic E-state index is 13.6. The number of amides is 1. The van der Waals surface area contributed by atoms with E-state index in [2.05, 4.69) is 10.2 Å². The van der Waals surface area contributed by atoms with Crippen LogP contribution >= 0.6 is 0 Å². The molecule has 2 aromatic rings. The molecule has 3 fully saturated rings. The molecule has 2 atom stereocenters. The number of rotatable bonds is 5. The van der Waals surface area contributed by atoms with E-state index in [1.54, 1.807) is 0 Å². The minimum Gasteiger partial charge on any atom is -0.390 e. The third-order valence-corrected chi connectivity index (χ3v) is 9.68. The molecule has 2 saturated heterocycles. The van der Waals surface area contributed by atoms with Gasteiger partial charge in [0.25, 0.3) is 0 Å². The maximum atomic E-state index is 13.6. The molecule has 11 heteroatoms. The molecule has 2 aliphatic heterocycles. The quantitative estimate of drug-likeness (QED) is 0.400. The third-order valence-electron chi connectivity index (χ3n) is 9.68. The first kappa shape index (κ1) is 30.8. The molecule has 1 spiro atoms. The molecule has 42 heavy (non-hydrogen) atoms. The van der Waals surface area contributed by atoms with Crippen molar-refractivity contribution in [2.45, 2.75) is 81.4 Å². The first-order valence-electron chi connectivity index (χ1n) is 14.4. The van der Waals surface area contributed by atoms with Gasteiger partial charge in [0.2, 0.25) is 5.91 Å². The number of aliphatic hydroxyl groups is 1. The molecular weight excluding hydrogens is 562 g/mol. The van der Waals surface area contributed by atoms with E-state index in [1.165, 1.54) is 6.92 Å². The number of likely N-dealkylation sites (tertiary alicyclic amines) is 1. The number of carbonyl (C=O) groups is 1. The Morgan fingerprint density at radius 2 is 1.52 bits per heavy atom. The van der Waals surface area contributed by atoms with E-state index >= 15 is 0 Å². The first-order chi connectivity index (χ1) is 19.7. The van der Waals surface area contributed by atoms with Gasteiger partial charge in [-0.1, -0.05) is 30.3 Å². The van der Waals surface area contributed by atoms with Crippen molar-refractivity contribution in [3.8, 4) is 0 Å². The number of benzene rings is 2. The fourth-order valence-electron chi connectivity index (χ4n) is 6.89. The molecule has 2 N–H and O–H groups in total. The van der Waals surface area contributed by atoms with Gasteiger partial charge in [-0.05, 0) is 87.9 Å². The Bertz CT molecular complexity index is 1220. The summed E-state index contributed by atoms with van der Waals surface area (Å²) in [5.41, 5.74) is -3.35. The predicted octanol–water partition coefficient (Wildman–Crippen LogP) is 6.26. The highest BCUT2D eigenvalue weighted by Crippen LogP contribution is 2.44. The summed E-state index contributed by atoms with van der Waals surface area (Å²) in [5, 5.41) is 13.5. The van der Waals surface area contributed by atoms with Crippen LogP contribution < -0.4 is 5.32 Å². The lowest BCUT2D eigenvalue weighted by molar-refractivity contribution is -0.143. The Kier molecular flexibility index (Phi) is 8.41.